The van der Waals surface area contributed by atoms with Crippen LogP contribution in [0.25, 0.3) is 0 Å². The molecule has 0 spiro atoms. The van der Waals surface area contributed by atoms with Crippen molar-refractivity contribution in [3.05, 3.63) is 4.91 Å². The molecule has 0 aliphatic heterocycles. The van der Waals surface area contributed by atoms with Crippen LogP contribution in [0, 0.1) is 16.7 Å². The van der Waals surface area contributed by atoms with E-state index >= 15 is 0 Å². The fourth-order valence-electron chi connectivity index (χ4n) is 3.97. The molecule has 0 radical (unpaired) electrons. The third-order valence-electron chi connectivity index (χ3n) is 6.38. The van der Waals surface area contributed by atoms with Crippen molar-refractivity contribution in [3.8, 4) is 0 Å². The lowest BCUT2D eigenvalue weighted by atomic mass is 9.93. The number of nitrogens with one attached hydrogen (secondary N) is 1. The van der Waals surface area contributed by atoms with Crippen molar-refractivity contribution in [1.29, 1.82) is 0 Å². The van der Waals surface area contributed by atoms with Gasteiger partial charge >= 0.3 is 6.18 Å². The van der Waals surface area contributed by atoms with Crippen LogP contribution < -0.4 is 5.32 Å². The van der Waals surface area contributed by atoms with Gasteiger partial charge in [0.05, 0.1) is 19.1 Å². The van der Waals surface area contributed by atoms with Gasteiger partial charge in [0.15, 0.2) is 0 Å². The summed E-state index contributed by atoms with van der Waals surface area (Å²) in [6.45, 7) is 6.89. The van der Waals surface area contributed by atoms with Crippen molar-refractivity contribution in [2.75, 3.05) is 19.6 Å². The summed E-state index contributed by atoms with van der Waals surface area (Å²) in [5.41, 5.74) is 0. The van der Waals surface area contributed by atoms with E-state index in [0.29, 0.717) is 32.1 Å². The third kappa shape index (κ3) is 13.8. The monoisotopic (exact) mass is 497 g/mol. The molecule has 0 rings (SSSR count). The van der Waals surface area contributed by atoms with Gasteiger partial charge in [-0.1, -0.05) is 45.7 Å². The topological polar surface area (TPSA) is 78.8 Å². The van der Waals surface area contributed by atoms with Crippen LogP contribution in [0.1, 0.15) is 91.9 Å². The van der Waals surface area contributed by atoms with Crippen LogP contribution in [-0.2, 0) is 9.59 Å². The van der Waals surface area contributed by atoms with Gasteiger partial charge in [0.1, 0.15) is 6.04 Å². The molecule has 0 bridgehead atoms. The Balaban J connectivity index is 5.51. The first-order valence-electron chi connectivity index (χ1n) is 12.6. The molecule has 0 aliphatic rings. The minimum absolute atomic E-state index is 0.0571. The predicted octanol–water partition coefficient (Wildman–Crippen LogP) is 6.18. The highest BCUT2D eigenvalue weighted by Crippen LogP contribution is 2.25. The van der Waals surface area contributed by atoms with Crippen LogP contribution in [0.2, 0.25) is 0 Å². The number of carbonyl (C=O) groups is 2. The normalized spacial score (nSPS) is 14.5. The summed E-state index contributed by atoms with van der Waals surface area (Å²) in [5.74, 6) is -1.33. The lowest BCUT2D eigenvalue weighted by Crippen LogP contribution is -2.54. The number of rotatable bonds is 19. The molecule has 6 nitrogen and oxygen atoms in total. The fraction of sp³-hybridized carbons (Fsp3) is 0.917. The van der Waals surface area contributed by atoms with Crippen LogP contribution in [-0.4, -0.2) is 54.7 Å². The minimum Gasteiger partial charge on any atom is -0.354 e. The number of carbonyl (C=O) groups excluding carboxylic acids is 2. The van der Waals surface area contributed by atoms with Crippen LogP contribution in [0.4, 0.5) is 17.6 Å². The first-order valence-corrected chi connectivity index (χ1v) is 12.6. The van der Waals surface area contributed by atoms with E-state index in [-0.39, 0.29) is 31.8 Å². The van der Waals surface area contributed by atoms with E-state index in [1.54, 1.807) is 13.8 Å². The van der Waals surface area contributed by atoms with Crippen LogP contribution in [0.5, 0.6) is 0 Å². The molecule has 200 valence electrons. The molecule has 3 atom stereocenters. The van der Waals surface area contributed by atoms with E-state index in [2.05, 4.69) is 10.5 Å². The molecule has 0 fully saturated rings. The van der Waals surface area contributed by atoms with Crippen LogP contribution in [0.3, 0.4) is 0 Å². The Bertz CT molecular complexity index is 586. The quantitative estimate of drug-likeness (QED) is 0.131. The second-order valence-corrected chi connectivity index (χ2v) is 9.03. The fourth-order valence-corrected chi connectivity index (χ4v) is 3.97. The van der Waals surface area contributed by atoms with Gasteiger partial charge in [-0.2, -0.15) is 18.1 Å². The van der Waals surface area contributed by atoms with Gasteiger partial charge in [-0.05, 0) is 50.4 Å². The zero-order valence-electron chi connectivity index (χ0n) is 21.1. The average molecular weight is 498 g/mol. The molecule has 0 aromatic carbocycles. The second kappa shape index (κ2) is 17.7. The maximum Gasteiger partial charge on any atom is 0.390 e. The van der Waals surface area contributed by atoms with E-state index in [4.69, 9.17) is 0 Å². The molecule has 0 heterocycles. The van der Waals surface area contributed by atoms with E-state index in [0.717, 1.165) is 17.7 Å². The maximum absolute atomic E-state index is 13.4. The predicted molar refractivity (Wildman–Crippen MR) is 126 cm³/mol. The van der Waals surface area contributed by atoms with Crippen molar-refractivity contribution in [2.45, 2.75) is 110 Å². The first kappa shape index (κ1) is 32.3. The number of alkyl halides is 4. The molecule has 1 N–H and O–H groups in total. The Morgan fingerprint density at radius 3 is 2.18 bits per heavy atom. The number of amides is 2. The van der Waals surface area contributed by atoms with Gasteiger partial charge in [0, 0.05) is 19.5 Å². The summed E-state index contributed by atoms with van der Waals surface area (Å²) >= 11 is 0. The van der Waals surface area contributed by atoms with Crippen molar-refractivity contribution in [2.24, 2.45) is 17.0 Å². The Kier molecular flexibility index (Phi) is 16.8. The van der Waals surface area contributed by atoms with E-state index in [1.165, 1.54) is 0 Å². The summed E-state index contributed by atoms with van der Waals surface area (Å²) in [6, 6.07) is -1.14. The van der Waals surface area contributed by atoms with Gasteiger partial charge in [-0.15, -0.1) is 0 Å². The highest BCUT2D eigenvalue weighted by molar-refractivity contribution is 5.88. The molecule has 34 heavy (non-hydrogen) atoms. The Labute approximate surface area is 201 Å². The van der Waals surface area contributed by atoms with E-state index < -0.39 is 49.1 Å². The smallest absolute Gasteiger partial charge is 0.354 e. The van der Waals surface area contributed by atoms with Crippen molar-refractivity contribution >= 4 is 11.8 Å². The molecule has 0 aromatic rings. The molecular weight excluding hydrogens is 454 g/mol. The Morgan fingerprint density at radius 1 is 1.00 bits per heavy atom. The summed E-state index contributed by atoms with van der Waals surface area (Å²) in [7, 11) is 0. The van der Waals surface area contributed by atoms with Gasteiger partial charge in [0.25, 0.3) is 0 Å². The summed E-state index contributed by atoms with van der Waals surface area (Å²) < 4.78 is 52.5. The van der Waals surface area contributed by atoms with Gasteiger partial charge in [-0.3, -0.25) is 9.59 Å². The highest BCUT2D eigenvalue weighted by atomic mass is 19.4. The lowest BCUT2D eigenvalue weighted by molar-refractivity contribution is -0.153. The standard InChI is InChI=1S/C24H43F4N3O3/c1-5-19(6-2)11-12-21(32)31(17-14-24(26,27)28)22(18(4)13-16-30-34)23(33)29-15-9-8-10-20(25)7-3/h18-20,22H,5-17H2,1-4H3,(H,29,33). The van der Waals surface area contributed by atoms with Gasteiger partial charge in [-0.25, -0.2) is 4.39 Å². The third-order valence-corrected chi connectivity index (χ3v) is 6.38. The second-order valence-electron chi connectivity index (χ2n) is 9.03. The Morgan fingerprint density at radius 2 is 1.65 bits per heavy atom. The van der Waals surface area contributed by atoms with E-state index in [9.17, 15) is 32.1 Å². The molecule has 0 aromatic heterocycles. The van der Waals surface area contributed by atoms with E-state index in [1.807, 2.05) is 13.8 Å². The molecule has 0 saturated heterocycles. The van der Waals surface area contributed by atoms with Crippen molar-refractivity contribution < 1.29 is 27.2 Å². The molecule has 2 amide bonds. The zero-order chi connectivity index (χ0) is 26.1. The molecule has 0 aliphatic carbocycles. The molecule has 0 saturated carbocycles. The number of nitrogens with zero attached hydrogens (tertiary/aromatic N) is 2. The van der Waals surface area contributed by atoms with Gasteiger partial charge in [0.2, 0.25) is 11.8 Å². The molecule has 3 unspecified atom stereocenters. The van der Waals surface area contributed by atoms with Crippen LogP contribution in [0.15, 0.2) is 5.18 Å². The summed E-state index contributed by atoms with van der Waals surface area (Å²) in [4.78, 5) is 37.8. The largest absolute Gasteiger partial charge is 0.390 e. The first-order chi connectivity index (χ1) is 16.0. The maximum atomic E-state index is 13.4. The van der Waals surface area contributed by atoms with Crippen molar-refractivity contribution in [1.82, 2.24) is 10.2 Å². The Hall–Kier alpha value is -1.74. The SMILES string of the molecule is CCC(F)CCCCNC(=O)C(C(C)CCN=O)N(CCC(F)(F)F)C(=O)CCC(CC)CC. The number of halogens is 4. The minimum atomic E-state index is -4.48. The lowest BCUT2D eigenvalue weighted by Gasteiger charge is -2.35. The van der Waals surface area contributed by atoms with Crippen LogP contribution >= 0.6 is 0 Å². The average Bonchev–Trinajstić information content (AvgIpc) is 2.79. The van der Waals surface area contributed by atoms with Crippen molar-refractivity contribution in [3.63, 3.8) is 0 Å². The number of hydrogen-bond donors (Lipinski definition) is 1. The highest BCUT2D eigenvalue weighted by Gasteiger charge is 2.37. The molecular formula is C24H43F4N3O3. The zero-order valence-corrected chi connectivity index (χ0v) is 21.1. The number of hydrogen-bond acceptors (Lipinski definition) is 4. The summed E-state index contributed by atoms with van der Waals surface area (Å²) in [5, 5.41) is 5.51. The molecule has 10 heteroatoms. The number of unbranched alkanes of at least 4 members (excludes halogenated alkanes) is 1. The number of nitroso groups, excluding NO2 is 1. The van der Waals surface area contributed by atoms with Gasteiger partial charge < -0.3 is 10.2 Å². The summed E-state index contributed by atoms with van der Waals surface area (Å²) in [6.07, 6.45) is -2.24.